The van der Waals surface area contributed by atoms with Crippen LogP contribution in [0.5, 0.6) is 0 Å². The van der Waals surface area contributed by atoms with E-state index in [0.29, 0.717) is 37.6 Å². The molecule has 2 heterocycles. The van der Waals surface area contributed by atoms with Crippen molar-refractivity contribution in [3.05, 3.63) is 52.2 Å². The molecule has 0 radical (unpaired) electrons. The van der Waals surface area contributed by atoms with Crippen LogP contribution in [0.2, 0.25) is 0 Å². The number of carbonyl (C=O) groups excluding carboxylic acids is 1. The standard InChI is InChI=1S/C18H23N3O3S2/c1-15-4-6-17(7-5-15)26(23,24)21-10-8-20(9-11-21)18(22)14-19-13-16-3-2-12-25-16/h2-7,12,19H,8-11,13-14H2,1H3. The van der Waals surface area contributed by atoms with Gasteiger partial charge in [0, 0.05) is 37.6 Å². The number of rotatable bonds is 6. The largest absolute Gasteiger partial charge is 0.339 e. The van der Waals surface area contributed by atoms with Gasteiger partial charge < -0.3 is 10.2 Å². The molecule has 8 heteroatoms. The van der Waals surface area contributed by atoms with Crippen molar-refractivity contribution in [1.82, 2.24) is 14.5 Å². The summed E-state index contributed by atoms with van der Waals surface area (Å²) in [5.74, 6) is 0.00828. The molecule has 1 N–H and O–H groups in total. The van der Waals surface area contributed by atoms with Gasteiger partial charge in [0.05, 0.1) is 11.4 Å². The van der Waals surface area contributed by atoms with E-state index in [4.69, 9.17) is 0 Å². The van der Waals surface area contributed by atoms with Crippen LogP contribution in [0.3, 0.4) is 0 Å². The van der Waals surface area contributed by atoms with Crippen molar-refractivity contribution in [2.75, 3.05) is 32.7 Å². The summed E-state index contributed by atoms with van der Waals surface area (Å²) in [6.45, 7) is 4.36. The first-order chi connectivity index (χ1) is 12.5. The highest BCUT2D eigenvalue weighted by Gasteiger charge is 2.29. The second-order valence-corrected chi connectivity index (χ2v) is 9.25. The minimum absolute atomic E-state index is 0.00828. The molecule has 0 spiro atoms. The number of sulfonamides is 1. The van der Waals surface area contributed by atoms with Crippen LogP contribution in [-0.2, 0) is 21.4 Å². The second kappa shape index (κ2) is 8.30. The molecule has 1 aromatic heterocycles. The van der Waals surface area contributed by atoms with Crippen LogP contribution in [0.4, 0.5) is 0 Å². The van der Waals surface area contributed by atoms with E-state index in [2.05, 4.69) is 5.32 Å². The molecule has 1 fully saturated rings. The maximum Gasteiger partial charge on any atom is 0.243 e. The monoisotopic (exact) mass is 393 g/mol. The first-order valence-corrected chi connectivity index (χ1v) is 10.9. The molecule has 1 aliphatic heterocycles. The first-order valence-electron chi connectivity index (χ1n) is 8.54. The Morgan fingerprint density at radius 3 is 2.42 bits per heavy atom. The van der Waals surface area contributed by atoms with Crippen LogP contribution in [-0.4, -0.2) is 56.3 Å². The normalized spacial score (nSPS) is 16.0. The number of piperazine rings is 1. The number of hydrogen-bond donors (Lipinski definition) is 1. The smallest absolute Gasteiger partial charge is 0.243 e. The average molecular weight is 394 g/mol. The fourth-order valence-corrected chi connectivity index (χ4v) is 4.95. The molecule has 3 rings (SSSR count). The number of thiophene rings is 1. The summed E-state index contributed by atoms with van der Waals surface area (Å²) < 4.78 is 26.8. The van der Waals surface area contributed by atoms with E-state index in [1.54, 1.807) is 40.5 Å². The molecule has 26 heavy (non-hydrogen) atoms. The van der Waals surface area contributed by atoms with Crippen molar-refractivity contribution in [3.8, 4) is 0 Å². The lowest BCUT2D eigenvalue weighted by Gasteiger charge is -2.34. The van der Waals surface area contributed by atoms with Gasteiger partial charge in [0.15, 0.2) is 0 Å². The minimum atomic E-state index is -3.49. The highest BCUT2D eigenvalue weighted by molar-refractivity contribution is 7.89. The summed E-state index contributed by atoms with van der Waals surface area (Å²) in [6.07, 6.45) is 0. The van der Waals surface area contributed by atoms with Crippen molar-refractivity contribution in [3.63, 3.8) is 0 Å². The Bertz CT molecular complexity index is 825. The molecule has 1 aromatic carbocycles. The van der Waals surface area contributed by atoms with Crippen LogP contribution < -0.4 is 5.32 Å². The summed E-state index contributed by atoms with van der Waals surface area (Å²) in [4.78, 5) is 15.5. The number of hydrogen-bond acceptors (Lipinski definition) is 5. The van der Waals surface area contributed by atoms with Gasteiger partial charge in [-0.25, -0.2) is 8.42 Å². The fourth-order valence-electron chi connectivity index (χ4n) is 2.85. The first kappa shape index (κ1) is 19.0. The maximum atomic E-state index is 12.7. The number of nitrogens with one attached hydrogen (secondary N) is 1. The molecule has 0 aliphatic carbocycles. The molecule has 0 saturated carbocycles. The lowest BCUT2D eigenvalue weighted by molar-refractivity contribution is -0.131. The number of benzene rings is 1. The molecule has 0 bridgehead atoms. The highest BCUT2D eigenvalue weighted by atomic mass is 32.2. The Hall–Kier alpha value is -1.74. The van der Waals surface area contributed by atoms with E-state index in [1.165, 1.54) is 9.18 Å². The SMILES string of the molecule is Cc1ccc(S(=O)(=O)N2CCN(C(=O)CNCc3cccs3)CC2)cc1. The predicted molar refractivity (Wildman–Crippen MR) is 103 cm³/mol. The third kappa shape index (κ3) is 4.50. The molecule has 1 aliphatic rings. The Morgan fingerprint density at radius 1 is 1.12 bits per heavy atom. The molecule has 140 valence electrons. The molecular weight excluding hydrogens is 370 g/mol. The van der Waals surface area contributed by atoms with E-state index in [9.17, 15) is 13.2 Å². The third-order valence-corrected chi connectivity index (χ3v) is 7.19. The van der Waals surface area contributed by atoms with Crippen LogP contribution in [0, 0.1) is 6.92 Å². The zero-order valence-corrected chi connectivity index (χ0v) is 16.4. The summed E-state index contributed by atoms with van der Waals surface area (Å²) in [5, 5.41) is 5.15. The van der Waals surface area contributed by atoms with E-state index in [-0.39, 0.29) is 12.5 Å². The maximum absolute atomic E-state index is 12.7. The Morgan fingerprint density at radius 2 is 1.81 bits per heavy atom. The fraction of sp³-hybridized carbons (Fsp3) is 0.389. The number of amides is 1. The topological polar surface area (TPSA) is 69.7 Å². The summed E-state index contributed by atoms with van der Waals surface area (Å²) in [6, 6.07) is 10.9. The zero-order chi connectivity index (χ0) is 18.6. The van der Waals surface area contributed by atoms with E-state index >= 15 is 0 Å². The lowest BCUT2D eigenvalue weighted by atomic mass is 10.2. The van der Waals surface area contributed by atoms with Gasteiger partial charge in [0.25, 0.3) is 0 Å². The predicted octanol–water partition coefficient (Wildman–Crippen LogP) is 1.68. The molecule has 0 atom stereocenters. The lowest BCUT2D eigenvalue weighted by Crippen LogP contribution is -2.52. The molecule has 0 unspecified atom stereocenters. The van der Waals surface area contributed by atoms with Crippen LogP contribution in [0.1, 0.15) is 10.4 Å². The number of nitrogens with zero attached hydrogens (tertiary/aromatic N) is 2. The summed E-state index contributed by atoms with van der Waals surface area (Å²) >= 11 is 1.65. The minimum Gasteiger partial charge on any atom is -0.339 e. The van der Waals surface area contributed by atoms with E-state index < -0.39 is 10.0 Å². The van der Waals surface area contributed by atoms with Crippen LogP contribution in [0.15, 0.2) is 46.7 Å². The van der Waals surface area contributed by atoms with E-state index in [1.807, 2.05) is 24.4 Å². The van der Waals surface area contributed by atoms with Crippen LogP contribution >= 0.6 is 11.3 Å². The summed E-state index contributed by atoms with van der Waals surface area (Å²) in [5.41, 5.74) is 1.02. The molecule has 2 aromatic rings. The van der Waals surface area contributed by atoms with Crippen molar-refractivity contribution < 1.29 is 13.2 Å². The second-order valence-electron chi connectivity index (χ2n) is 6.28. The van der Waals surface area contributed by atoms with Gasteiger partial charge in [-0.05, 0) is 30.5 Å². The van der Waals surface area contributed by atoms with Crippen molar-refractivity contribution in [2.24, 2.45) is 0 Å². The molecule has 6 nitrogen and oxygen atoms in total. The van der Waals surface area contributed by atoms with E-state index in [0.717, 1.165) is 5.56 Å². The number of carbonyl (C=O) groups is 1. The number of aryl methyl sites for hydroxylation is 1. The van der Waals surface area contributed by atoms with Gasteiger partial charge >= 0.3 is 0 Å². The van der Waals surface area contributed by atoms with Gasteiger partial charge in [0.1, 0.15) is 0 Å². The van der Waals surface area contributed by atoms with Gasteiger partial charge in [0.2, 0.25) is 15.9 Å². The van der Waals surface area contributed by atoms with Crippen molar-refractivity contribution in [1.29, 1.82) is 0 Å². The Labute approximate surface area is 158 Å². The van der Waals surface area contributed by atoms with Crippen molar-refractivity contribution in [2.45, 2.75) is 18.4 Å². The van der Waals surface area contributed by atoms with Crippen molar-refractivity contribution >= 4 is 27.3 Å². The highest BCUT2D eigenvalue weighted by Crippen LogP contribution is 2.18. The zero-order valence-electron chi connectivity index (χ0n) is 14.7. The Balaban J connectivity index is 1.50. The molecule has 1 amide bonds. The summed E-state index contributed by atoms with van der Waals surface area (Å²) in [7, 11) is -3.49. The quantitative estimate of drug-likeness (QED) is 0.811. The van der Waals surface area contributed by atoms with Gasteiger partial charge in [-0.2, -0.15) is 4.31 Å². The van der Waals surface area contributed by atoms with Gasteiger partial charge in [-0.15, -0.1) is 11.3 Å². The van der Waals surface area contributed by atoms with Gasteiger partial charge in [-0.3, -0.25) is 4.79 Å². The average Bonchev–Trinajstić information content (AvgIpc) is 3.15. The molecule has 1 saturated heterocycles. The molecular formula is C18H23N3O3S2. The Kier molecular flexibility index (Phi) is 6.08. The third-order valence-electron chi connectivity index (χ3n) is 4.41. The van der Waals surface area contributed by atoms with Gasteiger partial charge in [-0.1, -0.05) is 23.8 Å². The van der Waals surface area contributed by atoms with Crippen LogP contribution in [0.25, 0.3) is 0 Å².